The van der Waals surface area contributed by atoms with Crippen molar-refractivity contribution in [3.63, 3.8) is 0 Å². The minimum Gasteiger partial charge on any atom is -0.493 e. The van der Waals surface area contributed by atoms with Crippen LogP contribution in [0.15, 0.2) is 30.0 Å². The highest BCUT2D eigenvalue weighted by atomic mass is 31.2. The number of likely N-dealkylation sites (N-methyl/N-ethyl adjacent to an activating group) is 1. The van der Waals surface area contributed by atoms with Crippen molar-refractivity contribution < 1.29 is 37.5 Å². The molecule has 0 amide bonds. The van der Waals surface area contributed by atoms with Gasteiger partial charge >= 0.3 is 13.8 Å². The highest BCUT2D eigenvalue weighted by Gasteiger charge is 2.49. The van der Waals surface area contributed by atoms with Crippen LogP contribution < -0.4 is 9.47 Å². The van der Waals surface area contributed by atoms with Crippen molar-refractivity contribution in [3.05, 3.63) is 35.6 Å². The fraction of sp³-hybridized carbons (Fsp3) is 0.609. The number of esters is 1. The van der Waals surface area contributed by atoms with E-state index in [-0.39, 0.29) is 11.5 Å². The molecule has 1 aliphatic heterocycles. The summed E-state index contributed by atoms with van der Waals surface area (Å²) in [5, 5.41) is 0. The molecule has 1 saturated heterocycles. The van der Waals surface area contributed by atoms with Gasteiger partial charge in [0.1, 0.15) is 5.76 Å². The van der Waals surface area contributed by atoms with Gasteiger partial charge in [-0.05, 0) is 71.0 Å². The molecule has 184 valence electrons. The Labute approximate surface area is 195 Å². The molecule has 0 aromatic heterocycles. The summed E-state index contributed by atoms with van der Waals surface area (Å²) >= 11 is 0. The molecule has 1 aromatic rings. The maximum atomic E-state index is 12.4. The third-order valence-corrected chi connectivity index (χ3v) is 7.22. The van der Waals surface area contributed by atoms with Crippen molar-refractivity contribution in [3.8, 4) is 11.5 Å². The fourth-order valence-electron chi connectivity index (χ4n) is 4.47. The number of nitrogens with zero attached hydrogens (tertiary/aromatic N) is 1. The number of benzene rings is 1. The van der Waals surface area contributed by atoms with Crippen molar-refractivity contribution in [2.45, 2.75) is 51.5 Å². The van der Waals surface area contributed by atoms with Gasteiger partial charge in [0.25, 0.3) is 0 Å². The molecule has 0 bridgehead atoms. The van der Waals surface area contributed by atoms with Crippen LogP contribution in [-0.2, 0) is 28.6 Å². The summed E-state index contributed by atoms with van der Waals surface area (Å²) in [6.45, 7) is 5.26. The van der Waals surface area contributed by atoms with E-state index in [1.165, 1.54) is 0 Å². The SMILES string of the molecule is COc1ccc([C@@]23CCC(OP(=O)(O)OCOC(=O)C(C)(C)C)=C[C@@H]2N(C)CC3)cc1OC. The first kappa shape index (κ1) is 25.6. The molecule has 3 atom stereocenters. The van der Waals surface area contributed by atoms with Gasteiger partial charge in [-0.2, -0.15) is 0 Å². The number of phosphoric ester groups is 1. The van der Waals surface area contributed by atoms with E-state index in [1.807, 2.05) is 25.3 Å². The Morgan fingerprint density at radius 3 is 2.55 bits per heavy atom. The van der Waals surface area contributed by atoms with Gasteiger partial charge in [-0.25, -0.2) is 9.09 Å². The summed E-state index contributed by atoms with van der Waals surface area (Å²) in [5.74, 6) is 1.19. The molecular weight excluding hydrogens is 449 g/mol. The van der Waals surface area contributed by atoms with Crippen LogP contribution in [0.3, 0.4) is 0 Å². The Balaban J connectivity index is 1.75. The summed E-state index contributed by atoms with van der Waals surface area (Å²) in [7, 11) is 0.796. The van der Waals surface area contributed by atoms with E-state index in [1.54, 1.807) is 35.0 Å². The second kappa shape index (κ2) is 9.66. The van der Waals surface area contributed by atoms with E-state index < -0.39 is 26.0 Å². The van der Waals surface area contributed by atoms with Gasteiger partial charge < -0.3 is 18.7 Å². The summed E-state index contributed by atoms with van der Waals surface area (Å²) in [5.41, 5.74) is 0.210. The highest BCUT2D eigenvalue weighted by Crippen LogP contribution is 2.53. The zero-order valence-electron chi connectivity index (χ0n) is 20.1. The Morgan fingerprint density at radius 2 is 1.91 bits per heavy atom. The van der Waals surface area contributed by atoms with Crippen LogP contribution in [0.4, 0.5) is 0 Å². The smallest absolute Gasteiger partial charge is 0.493 e. The Kier molecular flexibility index (Phi) is 7.49. The number of allylic oxidation sites excluding steroid dienone is 1. The van der Waals surface area contributed by atoms with Gasteiger partial charge in [-0.1, -0.05) is 6.07 Å². The number of rotatable bonds is 8. The molecule has 1 unspecified atom stereocenters. The van der Waals surface area contributed by atoms with Crippen molar-refractivity contribution in [2.24, 2.45) is 5.41 Å². The first-order chi connectivity index (χ1) is 15.4. The normalized spacial score (nSPS) is 24.9. The second-order valence-corrected chi connectivity index (χ2v) is 10.9. The molecule has 1 aliphatic carbocycles. The minimum absolute atomic E-state index is 0.0296. The summed E-state index contributed by atoms with van der Waals surface area (Å²) in [6, 6.07) is 5.94. The molecule has 0 saturated carbocycles. The number of fused-ring (bicyclic) bond motifs is 1. The van der Waals surface area contributed by atoms with Crippen molar-refractivity contribution in [2.75, 3.05) is 34.6 Å². The van der Waals surface area contributed by atoms with E-state index in [0.717, 1.165) is 24.9 Å². The predicted octanol–water partition coefficient (Wildman–Crippen LogP) is 4.00. The third-order valence-electron chi connectivity index (χ3n) is 6.32. The molecule has 1 aromatic carbocycles. The van der Waals surface area contributed by atoms with Gasteiger partial charge in [0.05, 0.1) is 19.6 Å². The monoisotopic (exact) mass is 483 g/mol. The molecule has 3 rings (SSSR count). The van der Waals surface area contributed by atoms with E-state index in [2.05, 4.69) is 11.0 Å². The van der Waals surface area contributed by atoms with E-state index in [4.69, 9.17) is 23.3 Å². The summed E-state index contributed by atoms with van der Waals surface area (Å²) in [4.78, 5) is 24.1. The van der Waals surface area contributed by atoms with Crippen molar-refractivity contribution in [1.82, 2.24) is 4.90 Å². The number of carbonyl (C=O) groups is 1. The molecule has 9 nitrogen and oxygen atoms in total. The van der Waals surface area contributed by atoms with Crippen molar-refractivity contribution in [1.29, 1.82) is 0 Å². The lowest BCUT2D eigenvalue weighted by molar-refractivity contribution is -0.160. The van der Waals surface area contributed by atoms with Gasteiger partial charge in [-0.15, -0.1) is 0 Å². The Bertz CT molecular complexity index is 956. The van der Waals surface area contributed by atoms with Crippen LogP contribution in [0.2, 0.25) is 0 Å². The first-order valence-electron chi connectivity index (χ1n) is 10.9. The zero-order chi connectivity index (χ0) is 24.4. The largest absolute Gasteiger partial charge is 0.530 e. The third kappa shape index (κ3) is 5.54. The quantitative estimate of drug-likeness (QED) is 0.334. The molecule has 1 N–H and O–H groups in total. The zero-order valence-corrected chi connectivity index (χ0v) is 21.0. The molecule has 0 spiro atoms. The van der Waals surface area contributed by atoms with Crippen LogP contribution in [0, 0.1) is 5.41 Å². The number of likely N-dealkylation sites (tertiary alicyclic amines) is 1. The second-order valence-electron chi connectivity index (χ2n) is 9.52. The van der Waals surface area contributed by atoms with Crippen LogP contribution in [0.1, 0.15) is 45.6 Å². The molecule has 1 heterocycles. The van der Waals surface area contributed by atoms with E-state index >= 15 is 0 Å². The topological polar surface area (TPSA) is 104 Å². The number of phosphoric acid groups is 1. The lowest BCUT2D eigenvalue weighted by Crippen LogP contribution is -2.42. The van der Waals surface area contributed by atoms with Gasteiger partial charge in [0, 0.05) is 17.9 Å². The van der Waals surface area contributed by atoms with Crippen LogP contribution in [0.5, 0.6) is 11.5 Å². The van der Waals surface area contributed by atoms with Crippen LogP contribution >= 0.6 is 7.82 Å². The first-order valence-corrected chi connectivity index (χ1v) is 12.4. The van der Waals surface area contributed by atoms with E-state index in [9.17, 15) is 14.3 Å². The molecule has 1 fully saturated rings. The van der Waals surface area contributed by atoms with Crippen molar-refractivity contribution >= 4 is 13.8 Å². The maximum absolute atomic E-state index is 12.4. The minimum atomic E-state index is -4.44. The molecule has 10 heteroatoms. The van der Waals surface area contributed by atoms with Crippen LogP contribution in [0.25, 0.3) is 0 Å². The Hall–Kier alpha value is -2.06. The standard InChI is InChI=1S/C23H34NO8P/c1-22(2,3)21(25)30-15-31-33(26,27)32-17-9-10-23(11-12-24(4)20(23)14-17)16-7-8-18(28-5)19(13-16)29-6/h7-8,13-14,20H,9-12,15H2,1-6H3,(H,26,27)/t20-,23-/m0/s1. The molecule has 33 heavy (non-hydrogen) atoms. The fourth-order valence-corrected chi connectivity index (χ4v) is 5.16. The number of ether oxygens (including phenoxy) is 3. The molecular formula is C23H34NO8P. The predicted molar refractivity (Wildman–Crippen MR) is 122 cm³/mol. The lowest BCUT2D eigenvalue weighted by Gasteiger charge is -2.40. The number of hydrogen-bond acceptors (Lipinski definition) is 8. The van der Waals surface area contributed by atoms with Gasteiger partial charge in [0.2, 0.25) is 6.79 Å². The number of methoxy groups -OCH3 is 2. The van der Waals surface area contributed by atoms with Gasteiger partial charge in [0.15, 0.2) is 11.5 Å². The number of carbonyl (C=O) groups excluding carboxylic acids is 1. The van der Waals surface area contributed by atoms with E-state index in [0.29, 0.717) is 23.7 Å². The molecule has 0 radical (unpaired) electrons. The summed E-state index contributed by atoms with van der Waals surface area (Å²) < 4.78 is 38.4. The average molecular weight is 483 g/mol. The highest BCUT2D eigenvalue weighted by molar-refractivity contribution is 7.47. The lowest BCUT2D eigenvalue weighted by atomic mass is 9.68. The maximum Gasteiger partial charge on any atom is 0.530 e. The Morgan fingerprint density at radius 1 is 1.21 bits per heavy atom. The van der Waals surface area contributed by atoms with Gasteiger partial charge in [-0.3, -0.25) is 14.6 Å². The average Bonchev–Trinajstić information content (AvgIpc) is 3.09. The van der Waals surface area contributed by atoms with Crippen LogP contribution in [-0.4, -0.2) is 56.4 Å². The summed E-state index contributed by atoms with van der Waals surface area (Å²) in [6.07, 6.45) is 4.01. The molecule has 2 aliphatic rings. The number of hydrogen-bond donors (Lipinski definition) is 1.